The van der Waals surface area contributed by atoms with E-state index in [1.807, 2.05) is 35.2 Å². The molecule has 2 saturated heterocycles. The number of urea groups is 1. The maximum absolute atomic E-state index is 14.0. The van der Waals surface area contributed by atoms with Crippen LogP contribution >= 0.6 is 11.6 Å². The van der Waals surface area contributed by atoms with Crippen LogP contribution in [0.15, 0.2) is 78.9 Å². The van der Waals surface area contributed by atoms with Gasteiger partial charge in [-0.3, -0.25) is 9.59 Å². The Morgan fingerprint density at radius 1 is 0.921 bits per heavy atom. The smallest absolute Gasteiger partial charge is 0.321 e. The van der Waals surface area contributed by atoms with E-state index in [1.54, 1.807) is 46.2 Å². The highest BCUT2D eigenvalue weighted by Crippen LogP contribution is 2.39. The molecule has 2 N–H and O–H groups in total. The molecular formula is C28H27ClFN5O3. The molecule has 38 heavy (non-hydrogen) atoms. The maximum Gasteiger partial charge on any atom is 0.321 e. The molecule has 2 fully saturated rings. The molecule has 3 aromatic rings. The standard InChI is InChI=1S/C28H27ClFN5O3/c29-20-7-6-8-21(17-20)31-25(36)18-34-19-35(22-9-2-1-3-10-22)28(26(34)37)13-15-33(16-14-28)27(38)32-24-12-5-4-11-23(24)30/h1-12,17H,13-16,18-19H2,(H,31,36)(H,32,38). The molecule has 0 radical (unpaired) electrons. The highest BCUT2D eigenvalue weighted by molar-refractivity contribution is 6.30. The second-order valence-corrected chi connectivity index (χ2v) is 9.83. The van der Waals surface area contributed by atoms with Crippen molar-refractivity contribution in [1.29, 1.82) is 0 Å². The SMILES string of the molecule is O=C(CN1CN(c2ccccc2)C2(CCN(C(=O)Nc3ccccc3F)CC2)C1=O)Nc1cccc(Cl)c1. The minimum atomic E-state index is -0.896. The molecule has 2 aliphatic heterocycles. The van der Waals surface area contributed by atoms with E-state index in [-0.39, 0.29) is 30.7 Å². The number of anilines is 3. The van der Waals surface area contributed by atoms with E-state index in [9.17, 15) is 18.8 Å². The lowest BCUT2D eigenvalue weighted by Gasteiger charge is -2.43. The number of piperidine rings is 1. The Morgan fingerprint density at radius 2 is 1.63 bits per heavy atom. The number of carbonyl (C=O) groups is 3. The molecule has 0 unspecified atom stereocenters. The Kier molecular flexibility index (Phi) is 7.20. The molecule has 0 saturated carbocycles. The third kappa shape index (κ3) is 5.15. The van der Waals surface area contributed by atoms with Gasteiger partial charge in [0.2, 0.25) is 5.91 Å². The number of hydrogen-bond acceptors (Lipinski definition) is 4. The second-order valence-electron chi connectivity index (χ2n) is 9.40. The van der Waals surface area contributed by atoms with Crippen molar-refractivity contribution in [2.75, 3.05) is 41.8 Å². The van der Waals surface area contributed by atoms with Crippen molar-refractivity contribution in [3.05, 3.63) is 89.7 Å². The number of amides is 4. The molecule has 0 aliphatic carbocycles. The average Bonchev–Trinajstić information content (AvgIpc) is 3.17. The van der Waals surface area contributed by atoms with Gasteiger partial charge in [-0.2, -0.15) is 0 Å². The van der Waals surface area contributed by atoms with Gasteiger partial charge < -0.3 is 25.3 Å². The lowest BCUT2D eigenvalue weighted by molar-refractivity contribution is -0.136. The van der Waals surface area contributed by atoms with Crippen molar-refractivity contribution in [1.82, 2.24) is 9.80 Å². The molecular weight excluding hydrogens is 509 g/mol. The van der Waals surface area contributed by atoms with Crippen molar-refractivity contribution in [2.24, 2.45) is 0 Å². The highest BCUT2D eigenvalue weighted by atomic mass is 35.5. The van der Waals surface area contributed by atoms with E-state index in [4.69, 9.17) is 11.6 Å². The zero-order chi connectivity index (χ0) is 26.7. The van der Waals surface area contributed by atoms with Gasteiger partial charge in [-0.05, 0) is 55.3 Å². The van der Waals surface area contributed by atoms with E-state index in [0.29, 0.717) is 36.6 Å². The molecule has 10 heteroatoms. The zero-order valence-corrected chi connectivity index (χ0v) is 21.3. The van der Waals surface area contributed by atoms with Crippen molar-refractivity contribution in [3.63, 3.8) is 0 Å². The number of rotatable bonds is 5. The molecule has 2 aliphatic rings. The number of para-hydroxylation sites is 2. The molecule has 4 amide bonds. The predicted molar refractivity (Wildman–Crippen MR) is 145 cm³/mol. The van der Waals surface area contributed by atoms with Crippen LogP contribution in [0.5, 0.6) is 0 Å². The minimum Gasteiger partial charge on any atom is -0.339 e. The number of halogens is 2. The largest absolute Gasteiger partial charge is 0.339 e. The van der Waals surface area contributed by atoms with Crippen LogP contribution < -0.4 is 15.5 Å². The monoisotopic (exact) mass is 535 g/mol. The van der Waals surface area contributed by atoms with Gasteiger partial charge in [-0.15, -0.1) is 0 Å². The van der Waals surface area contributed by atoms with Crippen molar-refractivity contribution >= 4 is 46.5 Å². The first-order valence-electron chi connectivity index (χ1n) is 12.3. The number of nitrogens with zero attached hydrogens (tertiary/aromatic N) is 3. The van der Waals surface area contributed by atoms with Crippen LogP contribution in [0.1, 0.15) is 12.8 Å². The van der Waals surface area contributed by atoms with Crippen LogP contribution in [-0.2, 0) is 9.59 Å². The van der Waals surface area contributed by atoms with Crippen LogP contribution in [0.2, 0.25) is 5.02 Å². The van der Waals surface area contributed by atoms with Crippen LogP contribution in [0, 0.1) is 5.82 Å². The summed E-state index contributed by atoms with van der Waals surface area (Å²) in [5, 5.41) is 5.91. The lowest BCUT2D eigenvalue weighted by Crippen LogP contribution is -2.58. The Bertz CT molecular complexity index is 1350. The summed E-state index contributed by atoms with van der Waals surface area (Å²) in [4.78, 5) is 44.7. The van der Waals surface area contributed by atoms with E-state index < -0.39 is 17.4 Å². The molecule has 8 nitrogen and oxygen atoms in total. The van der Waals surface area contributed by atoms with E-state index in [0.717, 1.165) is 5.69 Å². The van der Waals surface area contributed by atoms with E-state index in [1.165, 1.54) is 12.1 Å². The van der Waals surface area contributed by atoms with Crippen molar-refractivity contribution in [2.45, 2.75) is 18.4 Å². The maximum atomic E-state index is 14.0. The third-order valence-corrected chi connectivity index (χ3v) is 7.25. The number of carbonyl (C=O) groups excluding carboxylic acids is 3. The first-order chi connectivity index (χ1) is 18.4. The third-order valence-electron chi connectivity index (χ3n) is 7.02. The summed E-state index contributed by atoms with van der Waals surface area (Å²) >= 11 is 6.02. The minimum absolute atomic E-state index is 0.109. The Morgan fingerprint density at radius 3 is 2.34 bits per heavy atom. The fraction of sp³-hybridized carbons (Fsp3) is 0.250. The van der Waals surface area contributed by atoms with Crippen molar-refractivity contribution < 1.29 is 18.8 Å². The number of nitrogens with one attached hydrogen (secondary N) is 2. The first-order valence-corrected chi connectivity index (χ1v) is 12.7. The first kappa shape index (κ1) is 25.5. The molecule has 1 spiro atoms. The normalized spacial score (nSPS) is 16.6. The molecule has 0 aromatic heterocycles. The predicted octanol–water partition coefficient (Wildman–Crippen LogP) is 4.79. The molecule has 0 atom stereocenters. The number of benzene rings is 3. The lowest BCUT2D eigenvalue weighted by atomic mass is 9.85. The quantitative estimate of drug-likeness (QED) is 0.492. The van der Waals surface area contributed by atoms with Gasteiger partial charge >= 0.3 is 6.03 Å². The molecule has 2 heterocycles. The van der Waals surface area contributed by atoms with Crippen LogP contribution in [0.4, 0.5) is 26.2 Å². The van der Waals surface area contributed by atoms with Crippen LogP contribution in [-0.4, -0.2) is 59.5 Å². The number of hydrogen-bond donors (Lipinski definition) is 2. The molecule has 0 bridgehead atoms. The summed E-state index contributed by atoms with van der Waals surface area (Å²) in [6.07, 6.45) is 0.746. The summed E-state index contributed by atoms with van der Waals surface area (Å²) in [6.45, 7) is 0.733. The zero-order valence-electron chi connectivity index (χ0n) is 20.6. The molecule has 5 rings (SSSR count). The summed E-state index contributed by atoms with van der Waals surface area (Å²) in [7, 11) is 0. The fourth-order valence-electron chi connectivity index (χ4n) is 5.10. The van der Waals surface area contributed by atoms with Gasteiger partial charge in [0.15, 0.2) is 0 Å². The Balaban J connectivity index is 1.31. The fourth-order valence-corrected chi connectivity index (χ4v) is 5.29. The van der Waals surface area contributed by atoms with Crippen molar-refractivity contribution in [3.8, 4) is 0 Å². The Labute approximate surface area is 225 Å². The molecule has 196 valence electrons. The van der Waals surface area contributed by atoms with E-state index >= 15 is 0 Å². The summed E-state index contributed by atoms with van der Waals surface area (Å²) in [6, 6.07) is 22.0. The summed E-state index contributed by atoms with van der Waals surface area (Å²) in [5.41, 5.74) is 0.630. The van der Waals surface area contributed by atoms with Gasteiger partial charge in [0.25, 0.3) is 5.91 Å². The van der Waals surface area contributed by atoms with Gasteiger partial charge in [0, 0.05) is 29.5 Å². The second kappa shape index (κ2) is 10.7. The van der Waals surface area contributed by atoms with Crippen LogP contribution in [0.3, 0.4) is 0 Å². The van der Waals surface area contributed by atoms with E-state index in [2.05, 4.69) is 10.6 Å². The molecule has 3 aromatic carbocycles. The summed E-state index contributed by atoms with van der Waals surface area (Å²) < 4.78 is 14.0. The summed E-state index contributed by atoms with van der Waals surface area (Å²) in [5.74, 6) is -0.994. The number of likely N-dealkylation sites (tertiary alicyclic amines) is 1. The Hall–Kier alpha value is -4.11. The van der Waals surface area contributed by atoms with Gasteiger partial charge in [-0.25, -0.2) is 9.18 Å². The van der Waals surface area contributed by atoms with Gasteiger partial charge in [0.1, 0.15) is 17.9 Å². The van der Waals surface area contributed by atoms with Gasteiger partial charge in [0.05, 0.1) is 12.4 Å². The average molecular weight is 536 g/mol. The highest BCUT2D eigenvalue weighted by Gasteiger charge is 2.54. The topological polar surface area (TPSA) is 85.0 Å². The van der Waals surface area contributed by atoms with Crippen LogP contribution in [0.25, 0.3) is 0 Å². The van der Waals surface area contributed by atoms with Gasteiger partial charge in [-0.1, -0.05) is 48.0 Å².